The van der Waals surface area contributed by atoms with Gasteiger partial charge in [0.15, 0.2) is 10.8 Å². The molecule has 8 nitrogen and oxygen atoms in total. The summed E-state index contributed by atoms with van der Waals surface area (Å²) in [6, 6.07) is 8.00. The highest BCUT2D eigenvalue weighted by Crippen LogP contribution is 2.25. The van der Waals surface area contributed by atoms with Gasteiger partial charge in [-0.05, 0) is 57.7 Å². The van der Waals surface area contributed by atoms with Gasteiger partial charge in [0, 0.05) is 47.6 Å². The molecule has 1 aliphatic heterocycles. The minimum atomic E-state index is -0.0849. The Labute approximate surface area is 202 Å². The molecule has 0 unspecified atom stereocenters. The zero-order valence-corrected chi connectivity index (χ0v) is 20.5. The number of rotatable bonds is 5. The fraction of sp³-hybridized carbons (Fsp3) is 0.400. The van der Waals surface area contributed by atoms with Gasteiger partial charge in [0.25, 0.3) is 0 Å². The molecule has 4 aromatic rings. The molecule has 3 aromatic heterocycles. The van der Waals surface area contributed by atoms with E-state index in [1.165, 1.54) is 11.3 Å². The summed E-state index contributed by atoms with van der Waals surface area (Å²) in [5.74, 6) is 0.0379. The summed E-state index contributed by atoms with van der Waals surface area (Å²) in [7, 11) is 0. The predicted octanol–water partition coefficient (Wildman–Crippen LogP) is 4.07. The number of amides is 2. The second kappa shape index (κ2) is 9.13. The van der Waals surface area contributed by atoms with Crippen LogP contribution in [0.15, 0.2) is 29.6 Å². The third-order valence-corrected chi connectivity index (χ3v) is 7.55. The highest BCUT2D eigenvalue weighted by atomic mass is 32.1. The smallest absolute Gasteiger partial charge is 0.229 e. The molecular weight excluding hydrogens is 448 g/mol. The molecule has 0 radical (unpaired) electrons. The van der Waals surface area contributed by atoms with Gasteiger partial charge in [0.05, 0.1) is 11.2 Å². The monoisotopic (exact) mass is 476 g/mol. The number of aromatic nitrogens is 4. The fourth-order valence-electron chi connectivity index (χ4n) is 4.74. The standard InChI is InChI=1S/C25H28N6O2S/c1-15-14-34-25(26-15)28-24(33)18-10-12-30(13-11-18)22(32)9-8-19-16(2)27-23-20-6-4-5-7-21(20)29-31(23)17(19)3/h4-7,14,18H,8-13H2,1-3H3,(H,26,28,33). The minimum Gasteiger partial charge on any atom is -0.343 e. The van der Waals surface area contributed by atoms with Gasteiger partial charge in [-0.2, -0.15) is 5.10 Å². The van der Waals surface area contributed by atoms with Crippen LogP contribution in [0.5, 0.6) is 0 Å². The Morgan fingerprint density at radius 1 is 1.12 bits per heavy atom. The van der Waals surface area contributed by atoms with Crippen LogP contribution in [0, 0.1) is 26.7 Å². The molecule has 0 aliphatic carbocycles. The van der Waals surface area contributed by atoms with Crippen LogP contribution in [0.3, 0.4) is 0 Å². The second-order valence-electron chi connectivity index (χ2n) is 8.95. The number of carbonyl (C=O) groups is 2. The molecule has 1 fully saturated rings. The molecule has 9 heteroatoms. The van der Waals surface area contributed by atoms with E-state index in [9.17, 15) is 9.59 Å². The molecular formula is C25H28N6O2S. The SMILES string of the molecule is Cc1csc(NC(=O)C2CCN(C(=O)CCc3c(C)nc4c5ccccc5nn4c3C)CC2)n1. The third-order valence-electron chi connectivity index (χ3n) is 6.67. The van der Waals surface area contributed by atoms with E-state index in [1.54, 1.807) is 0 Å². The van der Waals surface area contributed by atoms with Crippen LogP contribution in [-0.4, -0.2) is 49.4 Å². The zero-order valence-electron chi connectivity index (χ0n) is 19.7. The molecule has 1 N–H and O–H groups in total. The van der Waals surface area contributed by atoms with Crippen LogP contribution >= 0.6 is 11.3 Å². The lowest BCUT2D eigenvalue weighted by Gasteiger charge is -2.31. The maximum absolute atomic E-state index is 12.9. The fourth-order valence-corrected chi connectivity index (χ4v) is 5.43. The van der Waals surface area contributed by atoms with Crippen LogP contribution in [0.25, 0.3) is 16.6 Å². The van der Waals surface area contributed by atoms with E-state index >= 15 is 0 Å². The van der Waals surface area contributed by atoms with Gasteiger partial charge >= 0.3 is 0 Å². The molecule has 4 heterocycles. The zero-order chi connectivity index (χ0) is 23.8. The van der Waals surface area contributed by atoms with Crippen LogP contribution in [0.1, 0.15) is 41.9 Å². The number of fused-ring (bicyclic) bond motifs is 3. The number of hydrogen-bond donors (Lipinski definition) is 1. The number of benzene rings is 1. The van der Waals surface area contributed by atoms with Crippen molar-refractivity contribution in [3.8, 4) is 0 Å². The Hall–Kier alpha value is -3.33. The van der Waals surface area contributed by atoms with Gasteiger partial charge in [-0.1, -0.05) is 12.1 Å². The number of carbonyl (C=O) groups excluding carboxylic acids is 2. The summed E-state index contributed by atoms with van der Waals surface area (Å²) < 4.78 is 1.89. The second-order valence-corrected chi connectivity index (χ2v) is 9.81. The summed E-state index contributed by atoms with van der Waals surface area (Å²) in [6.45, 7) is 7.16. The Morgan fingerprint density at radius 3 is 2.62 bits per heavy atom. The van der Waals surface area contributed by atoms with Crippen molar-refractivity contribution in [1.82, 2.24) is 24.5 Å². The Bertz CT molecular complexity index is 1380. The van der Waals surface area contributed by atoms with Crippen molar-refractivity contribution in [3.05, 3.63) is 52.3 Å². The number of anilines is 1. The van der Waals surface area contributed by atoms with Gasteiger partial charge in [-0.15, -0.1) is 11.3 Å². The van der Waals surface area contributed by atoms with Crippen molar-refractivity contribution < 1.29 is 9.59 Å². The molecule has 5 rings (SSSR count). The predicted molar refractivity (Wildman–Crippen MR) is 133 cm³/mol. The number of hydrogen-bond acceptors (Lipinski definition) is 6. The van der Waals surface area contributed by atoms with E-state index in [-0.39, 0.29) is 17.7 Å². The van der Waals surface area contributed by atoms with Crippen LogP contribution in [0.4, 0.5) is 5.13 Å². The first-order chi connectivity index (χ1) is 16.4. The van der Waals surface area contributed by atoms with Crippen molar-refractivity contribution in [2.24, 2.45) is 5.92 Å². The molecule has 1 aliphatic rings. The molecule has 0 atom stereocenters. The van der Waals surface area contributed by atoms with Crippen molar-refractivity contribution in [1.29, 1.82) is 0 Å². The van der Waals surface area contributed by atoms with Gasteiger partial charge in [-0.3, -0.25) is 9.59 Å². The molecule has 1 aromatic carbocycles. The Morgan fingerprint density at radius 2 is 1.88 bits per heavy atom. The van der Waals surface area contributed by atoms with Gasteiger partial charge in [0.2, 0.25) is 11.8 Å². The normalized spacial score (nSPS) is 14.7. The first-order valence-electron chi connectivity index (χ1n) is 11.6. The van der Waals surface area contributed by atoms with Crippen LogP contribution < -0.4 is 5.32 Å². The number of nitrogens with zero attached hydrogens (tertiary/aromatic N) is 5. The van der Waals surface area contributed by atoms with Gasteiger partial charge in [-0.25, -0.2) is 14.5 Å². The van der Waals surface area contributed by atoms with Crippen molar-refractivity contribution in [3.63, 3.8) is 0 Å². The molecule has 0 spiro atoms. The van der Waals surface area contributed by atoms with Crippen molar-refractivity contribution >= 4 is 44.8 Å². The van der Waals surface area contributed by atoms with E-state index < -0.39 is 0 Å². The first-order valence-corrected chi connectivity index (χ1v) is 12.5. The van der Waals surface area contributed by atoms with E-state index in [0.717, 1.165) is 39.2 Å². The largest absolute Gasteiger partial charge is 0.343 e. The Kier molecular flexibility index (Phi) is 6.03. The van der Waals surface area contributed by atoms with Crippen molar-refractivity contribution in [2.75, 3.05) is 18.4 Å². The summed E-state index contributed by atoms with van der Waals surface area (Å²) in [6.07, 6.45) is 2.39. The van der Waals surface area contributed by atoms with E-state index in [0.29, 0.717) is 43.9 Å². The summed E-state index contributed by atoms with van der Waals surface area (Å²) in [5, 5.41) is 11.2. The van der Waals surface area contributed by atoms with Gasteiger partial charge < -0.3 is 10.2 Å². The van der Waals surface area contributed by atoms with E-state index in [2.05, 4.69) is 10.3 Å². The Balaban J connectivity index is 1.20. The maximum Gasteiger partial charge on any atom is 0.229 e. The number of nitrogens with one attached hydrogen (secondary N) is 1. The number of aryl methyl sites for hydroxylation is 3. The molecule has 176 valence electrons. The highest BCUT2D eigenvalue weighted by molar-refractivity contribution is 7.13. The van der Waals surface area contributed by atoms with E-state index in [1.807, 2.05) is 59.8 Å². The molecule has 0 saturated carbocycles. The maximum atomic E-state index is 12.9. The third kappa shape index (κ3) is 4.27. The average molecular weight is 477 g/mol. The quantitative estimate of drug-likeness (QED) is 0.469. The first kappa shape index (κ1) is 22.5. The molecule has 1 saturated heterocycles. The van der Waals surface area contributed by atoms with Gasteiger partial charge in [0.1, 0.15) is 0 Å². The number of likely N-dealkylation sites (tertiary alicyclic amines) is 1. The molecule has 2 amide bonds. The summed E-state index contributed by atoms with van der Waals surface area (Å²) in [4.78, 5) is 36.5. The average Bonchev–Trinajstić information content (AvgIpc) is 3.42. The molecule has 34 heavy (non-hydrogen) atoms. The van der Waals surface area contributed by atoms with Crippen LogP contribution in [-0.2, 0) is 16.0 Å². The topological polar surface area (TPSA) is 92.5 Å². The highest BCUT2D eigenvalue weighted by Gasteiger charge is 2.28. The lowest BCUT2D eigenvalue weighted by Crippen LogP contribution is -2.41. The van der Waals surface area contributed by atoms with Crippen molar-refractivity contribution in [2.45, 2.75) is 46.5 Å². The number of thiazole rings is 1. The lowest BCUT2D eigenvalue weighted by atomic mass is 9.95. The summed E-state index contributed by atoms with van der Waals surface area (Å²) >= 11 is 1.44. The minimum absolute atomic E-state index is 0.00122. The van der Waals surface area contributed by atoms with Crippen LogP contribution in [0.2, 0.25) is 0 Å². The summed E-state index contributed by atoms with van der Waals surface area (Å²) in [5.41, 5.74) is 5.72. The van der Waals surface area contributed by atoms with E-state index in [4.69, 9.17) is 10.1 Å². The molecule has 0 bridgehead atoms. The lowest BCUT2D eigenvalue weighted by molar-refractivity contribution is -0.134. The number of piperidine rings is 1.